The molecule has 0 aliphatic rings. The van der Waals surface area contributed by atoms with Gasteiger partial charge in [0.15, 0.2) is 6.61 Å². The summed E-state index contributed by atoms with van der Waals surface area (Å²) in [4.78, 5) is 45.6. The first-order valence-corrected chi connectivity index (χ1v) is 7.36. The zero-order valence-electron chi connectivity index (χ0n) is 13.5. The molecule has 130 valence electrons. The molecular formula is C16H20N2O6. The largest absolute Gasteiger partial charge is 0.455 e. The van der Waals surface area contributed by atoms with E-state index in [0.717, 1.165) is 5.56 Å². The molecule has 0 heterocycles. The fourth-order valence-electron chi connectivity index (χ4n) is 1.87. The average Bonchev–Trinajstić information content (AvgIpc) is 2.53. The standard InChI is InChI=1S/C16H20N2O6/c1-3-23-16(22)18-14(20)10-24-15(21)9-13(17-11(2)19)12-7-5-4-6-8-12/h4-8,13H,3,9-10H2,1-2H3,(H,17,19)(H,18,20,22)/t13-/m1/s1. The lowest BCUT2D eigenvalue weighted by molar-refractivity contribution is -0.149. The second-order valence-electron chi connectivity index (χ2n) is 4.80. The monoisotopic (exact) mass is 336 g/mol. The molecular weight excluding hydrogens is 316 g/mol. The van der Waals surface area contributed by atoms with Crippen molar-refractivity contribution in [2.45, 2.75) is 26.3 Å². The van der Waals surface area contributed by atoms with Crippen LogP contribution in [0.1, 0.15) is 31.9 Å². The van der Waals surface area contributed by atoms with E-state index in [1.165, 1.54) is 6.92 Å². The Kier molecular flexibility index (Phi) is 7.97. The van der Waals surface area contributed by atoms with Crippen LogP contribution in [-0.2, 0) is 23.9 Å². The van der Waals surface area contributed by atoms with Crippen molar-refractivity contribution in [1.29, 1.82) is 0 Å². The van der Waals surface area contributed by atoms with E-state index in [4.69, 9.17) is 4.74 Å². The number of rotatable bonds is 7. The van der Waals surface area contributed by atoms with Crippen molar-refractivity contribution in [3.8, 4) is 0 Å². The van der Waals surface area contributed by atoms with Gasteiger partial charge in [-0.1, -0.05) is 30.3 Å². The zero-order chi connectivity index (χ0) is 17.9. The Hall–Kier alpha value is -2.90. The molecule has 0 unspecified atom stereocenters. The van der Waals surface area contributed by atoms with Crippen molar-refractivity contribution < 1.29 is 28.7 Å². The molecule has 0 bridgehead atoms. The molecule has 0 spiro atoms. The van der Waals surface area contributed by atoms with Gasteiger partial charge >= 0.3 is 12.1 Å². The second kappa shape index (κ2) is 9.98. The van der Waals surface area contributed by atoms with Crippen LogP contribution in [0.4, 0.5) is 4.79 Å². The van der Waals surface area contributed by atoms with E-state index in [9.17, 15) is 19.2 Å². The Morgan fingerprint density at radius 1 is 1.08 bits per heavy atom. The minimum Gasteiger partial charge on any atom is -0.455 e. The number of esters is 1. The molecule has 1 aromatic rings. The van der Waals surface area contributed by atoms with E-state index in [-0.39, 0.29) is 18.9 Å². The van der Waals surface area contributed by atoms with E-state index in [2.05, 4.69) is 10.1 Å². The highest BCUT2D eigenvalue weighted by Gasteiger charge is 2.19. The highest BCUT2D eigenvalue weighted by atomic mass is 16.6. The number of amides is 3. The summed E-state index contributed by atoms with van der Waals surface area (Å²) in [7, 11) is 0. The van der Waals surface area contributed by atoms with Gasteiger partial charge in [-0.3, -0.25) is 19.7 Å². The molecule has 1 aromatic carbocycles. The quantitative estimate of drug-likeness (QED) is 0.721. The van der Waals surface area contributed by atoms with Gasteiger partial charge in [-0.25, -0.2) is 4.79 Å². The summed E-state index contributed by atoms with van der Waals surface area (Å²) in [6.45, 7) is 2.44. The number of alkyl carbamates (subject to hydrolysis) is 1. The molecule has 8 heteroatoms. The van der Waals surface area contributed by atoms with Gasteiger partial charge in [-0.15, -0.1) is 0 Å². The van der Waals surface area contributed by atoms with E-state index in [1.54, 1.807) is 31.2 Å². The number of ether oxygens (including phenoxy) is 2. The second-order valence-corrected chi connectivity index (χ2v) is 4.80. The smallest absolute Gasteiger partial charge is 0.413 e. The van der Waals surface area contributed by atoms with Gasteiger partial charge in [-0.05, 0) is 12.5 Å². The summed E-state index contributed by atoms with van der Waals surface area (Å²) in [6, 6.07) is 8.34. The van der Waals surface area contributed by atoms with Gasteiger partial charge in [0.2, 0.25) is 5.91 Å². The lowest BCUT2D eigenvalue weighted by Gasteiger charge is -2.17. The highest BCUT2D eigenvalue weighted by Crippen LogP contribution is 2.17. The lowest BCUT2D eigenvalue weighted by Crippen LogP contribution is -2.35. The van der Waals surface area contributed by atoms with Crippen molar-refractivity contribution in [2.75, 3.05) is 13.2 Å². The SMILES string of the molecule is CCOC(=O)NC(=O)COC(=O)C[C@@H](NC(C)=O)c1ccccc1. The molecule has 0 aliphatic heterocycles. The number of benzene rings is 1. The average molecular weight is 336 g/mol. The Balaban J connectivity index is 2.52. The van der Waals surface area contributed by atoms with Gasteiger partial charge in [-0.2, -0.15) is 0 Å². The maximum atomic E-state index is 11.9. The van der Waals surface area contributed by atoms with E-state index in [1.807, 2.05) is 11.4 Å². The fraction of sp³-hybridized carbons (Fsp3) is 0.375. The first-order valence-electron chi connectivity index (χ1n) is 7.36. The predicted octanol–water partition coefficient (Wildman–Crippen LogP) is 1.07. The Morgan fingerprint density at radius 3 is 2.33 bits per heavy atom. The number of hydrogen-bond acceptors (Lipinski definition) is 6. The molecule has 0 saturated heterocycles. The summed E-state index contributed by atoms with van der Waals surface area (Å²) in [6.07, 6.45) is -1.05. The third-order valence-corrected chi connectivity index (χ3v) is 2.83. The summed E-state index contributed by atoms with van der Waals surface area (Å²) in [5.41, 5.74) is 0.737. The predicted molar refractivity (Wildman–Crippen MR) is 83.7 cm³/mol. The van der Waals surface area contributed by atoms with E-state index in [0.29, 0.717) is 0 Å². The summed E-state index contributed by atoms with van der Waals surface area (Å²) >= 11 is 0. The van der Waals surface area contributed by atoms with Crippen molar-refractivity contribution in [1.82, 2.24) is 10.6 Å². The zero-order valence-corrected chi connectivity index (χ0v) is 13.5. The third-order valence-electron chi connectivity index (χ3n) is 2.83. The number of carbonyl (C=O) groups is 4. The molecule has 0 aliphatic carbocycles. The number of carbonyl (C=O) groups excluding carboxylic acids is 4. The molecule has 2 N–H and O–H groups in total. The normalized spacial score (nSPS) is 11.1. The minimum atomic E-state index is -0.904. The Labute approximate surface area is 139 Å². The van der Waals surface area contributed by atoms with Crippen LogP contribution < -0.4 is 10.6 Å². The van der Waals surface area contributed by atoms with Crippen LogP contribution in [-0.4, -0.2) is 37.1 Å². The van der Waals surface area contributed by atoms with E-state index >= 15 is 0 Å². The van der Waals surface area contributed by atoms with Crippen LogP contribution in [0.25, 0.3) is 0 Å². The first-order chi connectivity index (χ1) is 11.4. The van der Waals surface area contributed by atoms with Crippen LogP contribution in [0, 0.1) is 0 Å². The molecule has 1 rings (SSSR count). The third kappa shape index (κ3) is 7.39. The van der Waals surface area contributed by atoms with E-state index < -0.39 is 30.6 Å². The van der Waals surface area contributed by atoms with Crippen LogP contribution in [0.2, 0.25) is 0 Å². The summed E-state index contributed by atoms with van der Waals surface area (Å²) in [5.74, 6) is -1.77. The number of imide groups is 1. The van der Waals surface area contributed by atoms with Crippen LogP contribution in [0.15, 0.2) is 30.3 Å². The van der Waals surface area contributed by atoms with Gasteiger partial charge in [0.05, 0.1) is 19.1 Å². The Bertz CT molecular complexity index is 587. The Morgan fingerprint density at radius 2 is 1.75 bits per heavy atom. The fourth-order valence-corrected chi connectivity index (χ4v) is 1.87. The number of hydrogen-bond donors (Lipinski definition) is 2. The lowest BCUT2D eigenvalue weighted by atomic mass is 10.0. The highest BCUT2D eigenvalue weighted by molar-refractivity contribution is 5.93. The molecule has 0 radical (unpaired) electrons. The topological polar surface area (TPSA) is 111 Å². The molecule has 3 amide bonds. The maximum Gasteiger partial charge on any atom is 0.413 e. The molecule has 1 atom stereocenters. The molecule has 0 aromatic heterocycles. The van der Waals surface area contributed by atoms with Crippen molar-refractivity contribution in [2.24, 2.45) is 0 Å². The van der Waals surface area contributed by atoms with Crippen LogP contribution in [0.3, 0.4) is 0 Å². The van der Waals surface area contributed by atoms with Gasteiger partial charge < -0.3 is 14.8 Å². The van der Waals surface area contributed by atoms with Crippen LogP contribution in [0.5, 0.6) is 0 Å². The minimum absolute atomic E-state index is 0.119. The first kappa shape index (κ1) is 19.1. The summed E-state index contributed by atoms with van der Waals surface area (Å²) in [5, 5.41) is 4.56. The van der Waals surface area contributed by atoms with Gasteiger partial charge in [0, 0.05) is 6.92 Å². The molecule has 0 saturated carbocycles. The number of nitrogens with one attached hydrogen (secondary N) is 2. The van der Waals surface area contributed by atoms with Gasteiger partial charge in [0.25, 0.3) is 5.91 Å². The van der Waals surface area contributed by atoms with Crippen molar-refractivity contribution >= 4 is 23.9 Å². The summed E-state index contributed by atoms with van der Waals surface area (Å²) < 4.78 is 9.33. The molecule has 24 heavy (non-hydrogen) atoms. The van der Waals surface area contributed by atoms with Crippen LogP contribution >= 0.6 is 0 Å². The molecule has 8 nitrogen and oxygen atoms in total. The van der Waals surface area contributed by atoms with Gasteiger partial charge in [0.1, 0.15) is 0 Å². The van der Waals surface area contributed by atoms with Crippen molar-refractivity contribution in [3.63, 3.8) is 0 Å². The van der Waals surface area contributed by atoms with Crippen molar-refractivity contribution in [3.05, 3.63) is 35.9 Å². The maximum absolute atomic E-state index is 11.9. The molecule has 0 fully saturated rings.